The Morgan fingerprint density at radius 2 is 2.10 bits per heavy atom. The van der Waals surface area contributed by atoms with E-state index in [2.05, 4.69) is 27.8 Å². The van der Waals surface area contributed by atoms with Crippen LogP contribution < -0.4 is 5.32 Å². The molecular formula is C14H19BrClNO2S. The van der Waals surface area contributed by atoms with Gasteiger partial charge in [0.25, 0.3) is 0 Å². The first-order chi connectivity index (χ1) is 8.73. The molecule has 1 amide bonds. The minimum atomic E-state index is -0.535. The molecule has 1 aromatic rings. The maximum Gasteiger partial charge on any atom is 0.408 e. The van der Waals surface area contributed by atoms with E-state index in [1.165, 1.54) is 0 Å². The Bertz CT molecular complexity index is 489. The summed E-state index contributed by atoms with van der Waals surface area (Å²) < 4.78 is 6.02. The van der Waals surface area contributed by atoms with Crippen LogP contribution >= 0.6 is 41.0 Å². The highest BCUT2D eigenvalue weighted by atomic mass is 79.9. The number of carbonyl (C=O) groups is 1. The molecule has 0 aromatic heterocycles. The van der Waals surface area contributed by atoms with E-state index in [1.54, 1.807) is 18.2 Å². The molecule has 0 unspecified atom stereocenters. The summed E-state index contributed by atoms with van der Waals surface area (Å²) in [6.07, 6.45) is 1.15. The molecule has 0 heterocycles. The fraction of sp³-hybridized carbons (Fsp3) is 0.357. The summed E-state index contributed by atoms with van der Waals surface area (Å²) in [5.74, 6) is 0. The summed E-state index contributed by atoms with van der Waals surface area (Å²) >= 11 is 9.31. The summed E-state index contributed by atoms with van der Waals surface area (Å²) in [5.41, 5.74) is 0.331. The SMILES string of the molecule is C=C[C@H](NC(=O)OC(C)(C)C)c1ccc(Cl)cc1Br.S. The van der Waals surface area contributed by atoms with Crippen molar-refractivity contribution < 1.29 is 9.53 Å². The second-order valence-electron chi connectivity index (χ2n) is 5.03. The smallest absolute Gasteiger partial charge is 0.408 e. The monoisotopic (exact) mass is 379 g/mol. The standard InChI is InChI=1S/C14H17BrClNO2.H2S/c1-5-12(17-13(18)19-14(2,3)4)10-7-6-9(16)8-11(10)15;/h5-8,12H,1H2,2-4H3,(H,17,18);1H2/t12-;/m0./s1. The molecule has 20 heavy (non-hydrogen) atoms. The Morgan fingerprint density at radius 3 is 2.55 bits per heavy atom. The normalized spacial score (nSPS) is 12.1. The molecule has 6 heteroatoms. The van der Waals surface area contributed by atoms with Crippen LogP contribution in [0.25, 0.3) is 0 Å². The first kappa shape index (κ1) is 19.4. The van der Waals surface area contributed by atoms with Gasteiger partial charge in [-0.1, -0.05) is 39.7 Å². The number of alkyl carbamates (subject to hydrolysis) is 1. The predicted octanol–water partition coefficient (Wildman–Crippen LogP) is 4.97. The van der Waals surface area contributed by atoms with Crippen LogP contribution in [-0.2, 0) is 4.74 Å². The van der Waals surface area contributed by atoms with Crippen LogP contribution in [0.4, 0.5) is 4.79 Å². The number of ether oxygens (including phenoxy) is 1. The van der Waals surface area contributed by atoms with Gasteiger partial charge in [-0.25, -0.2) is 4.79 Å². The van der Waals surface area contributed by atoms with Gasteiger partial charge in [-0.2, -0.15) is 13.5 Å². The van der Waals surface area contributed by atoms with Gasteiger partial charge in [-0.05, 0) is 38.5 Å². The van der Waals surface area contributed by atoms with Gasteiger partial charge in [0.2, 0.25) is 0 Å². The lowest BCUT2D eigenvalue weighted by Gasteiger charge is -2.23. The van der Waals surface area contributed by atoms with Crippen LogP contribution in [0.1, 0.15) is 32.4 Å². The Balaban J connectivity index is 0.00000361. The maximum absolute atomic E-state index is 11.8. The lowest BCUT2D eigenvalue weighted by molar-refractivity contribution is 0.0514. The lowest BCUT2D eigenvalue weighted by atomic mass is 10.1. The minimum Gasteiger partial charge on any atom is -0.444 e. The van der Waals surface area contributed by atoms with E-state index >= 15 is 0 Å². The number of rotatable bonds is 3. The third-order valence-electron chi connectivity index (χ3n) is 2.21. The maximum atomic E-state index is 11.8. The number of carbonyl (C=O) groups excluding carboxylic acids is 1. The highest BCUT2D eigenvalue weighted by molar-refractivity contribution is 9.10. The van der Waals surface area contributed by atoms with Crippen molar-refractivity contribution >= 4 is 47.1 Å². The average molecular weight is 381 g/mol. The molecule has 0 saturated carbocycles. The molecule has 0 aliphatic heterocycles. The molecule has 0 aliphatic carbocycles. The molecule has 0 bridgehead atoms. The third kappa shape index (κ3) is 6.20. The van der Waals surface area contributed by atoms with Crippen LogP contribution in [0.2, 0.25) is 5.02 Å². The first-order valence-electron chi connectivity index (χ1n) is 5.80. The zero-order valence-corrected chi connectivity index (χ0v) is 15.0. The number of benzene rings is 1. The Labute approximate surface area is 140 Å². The largest absolute Gasteiger partial charge is 0.444 e. The molecule has 1 rings (SSSR count). The molecule has 0 fully saturated rings. The van der Waals surface area contributed by atoms with Crippen molar-refractivity contribution in [3.63, 3.8) is 0 Å². The predicted molar refractivity (Wildman–Crippen MR) is 91.8 cm³/mol. The molecule has 0 spiro atoms. The van der Waals surface area contributed by atoms with Crippen LogP contribution in [-0.4, -0.2) is 11.7 Å². The van der Waals surface area contributed by atoms with Gasteiger partial charge in [0, 0.05) is 9.50 Å². The van der Waals surface area contributed by atoms with Crippen LogP contribution in [0.3, 0.4) is 0 Å². The van der Waals surface area contributed by atoms with E-state index in [0.29, 0.717) is 5.02 Å². The summed E-state index contributed by atoms with van der Waals surface area (Å²) in [5, 5.41) is 3.37. The molecule has 3 nitrogen and oxygen atoms in total. The van der Waals surface area contributed by atoms with Crippen molar-refractivity contribution in [2.45, 2.75) is 32.4 Å². The lowest BCUT2D eigenvalue weighted by Crippen LogP contribution is -2.34. The van der Waals surface area contributed by atoms with Crippen molar-refractivity contribution in [3.05, 3.63) is 45.9 Å². The topological polar surface area (TPSA) is 38.3 Å². The van der Waals surface area contributed by atoms with Crippen molar-refractivity contribution in [1.82, 2.24) is 5.32 Å². The van der Waals surface area contributed by atoms with E-state index in [-0.39, 0.29) is 19.5 Å². The van der Waals surface area contributed by atoms with Gasteiger partial charge < -0.3 is 10.1 Å². The Kier molecular flexibility index (Phi) is 7.70. The zero-order chi connectivity index (χ0) is 14.6. The van der Waals surface area contributed by atoms with Crippen LogP contribution in [0.5, 0.6) is 0 Å². The van der Waals surface area contributed by atoms with Crippen molar-refractivity contribution in [2.75, 3.05) is 0 Å². The molecule has 1 atom stereocenters. The van der Waals surface area contributed by atoms with Crippen molar-refractivity contribution in [3.8, 4) is 0 Å². The summed E-state index contributed by atoms with van der Waals surface area (Å²) in [6, 6.07) is 5.01. The molecule has 112 valence electrons. The number of halogens is 2. The van der Waals surface area contributed by atoms with Crippen molar-refractivity contribution in [2.24, 2.45) is 0 Å². The van der Waals surface area contributed by atoms with Gasteiger partial charge >= 0.3 is 6.09 Å². The van der Waals surface area contributed by atoms with Gasteiger partial charge in [0.1, 0.15) is 5.60 Å². The number of hydrogen-bond acceptors (Lipinski definition) is 2. The first-order valence-corrected chi connectivity index (χ1v) is 6.97. The molecule has 0 aliphatic rings. The fourth-order valence-electron chi connectivity index (χ4n) is 1.45. The molecule has 1 aromatic carbocycles. The highest BCUT2D eigenvalue weighted by Gasteiger charge is 2.20. The van der Waals surface area contributed by atoms with Crippen LogP contribution in [0.15, 0.2) is 35.3 Å². The zero-order valence-electron chi connectivity index (χ0n) is 11.7. The average Bonchev–Trinajstić information content (AvgIpc) is 2.24. The fourth-order valence-corrected chi connectivity index (χ4v) is 2.38. The van der Waals surface area contributed by atoms with E-state index in [4.69, 9.17) is 16.3 Å². The quantitative estimate of drug-likeness (QED) is 0.752. The highest BCUT2D eigenvalue weighted by Crippen LogP contribution is 2.27. The van der Waals surface area contributed by atoms with E-state index in [9.17, 15) is 4.79 Å². The Morgan fingerprint density at radius 1 is 1.50 bits per heavy atom. The molecule has 1 N–H and O–H groups in total. The van der Waals surface area contributed by atoms with Gasteiger partial charge in [0.05, 0.1) is 6.04 Å². The minimum absolute atomic E-state index is 0. The summed E-state index contributed by atoms with van der Waals surface area (Å²) in [6.45, 7) is 9.17. The third-order valence-corrected chi connectivity index (χ3v) is 3.13. The Hall–Kier alpha value is -0.650. The van der Waals surface area contributed by atoms with E-state index in [1.807, 2.05) is 26.8 Å². The summed E-state index contributed by atoms with van der Waals surface area (Å²) in [7, 11) is 0. The number of nitrogens with one attached hydrogen (secondary N) is 1. The number of hydrogen-bond donors (Lipinski definition) is 1. The molecule has 0 saturated heterocycles. The van der Waals surface area contributed by atoms with Crippen molar-refractivity contribution in [1.29, 1.82) is 0 Å². The number of amides is 1. The molecular weight excluding hydrogens is 362 g/mol. The van der Waals surface area contributed by atoms with Crippen LogP contribution in [0, 0.1) is 0 Å². The van der Waals surface area contributed by atoms with Gasteiger partial charge in [0.15, 0.2) is 0 Å². The van der Waals surface area contributed by atoms with Gasteiger partial charge in [-0.3, -0.25) is 0 Å². The van der Waals surface area contributed by atoms with Gasteiger partial charge in [-0.15, -0.1) is 6.58 Å². The van der Waals surface area contributed by atoms with E-state index < -0.39 is 11.7 Å². The second kappa shape index (κ2) is 7.96. The van der Waals surface area contributed by atoms with E-state index in [0.717, 1.165) is 10.0 Å². The molecule has 0 radical (unpaired) electrons. The summed E-state index contributed by atoms with van der Waals surface area (Å²) in [4.78, 5) is 11.8. The second-order valence-corrected chi connectivity index (χ2v) is 6.32.